The summed E-state index contributed by atoms with van der Waals surface area (Å²) in [5.74, 6) is -0.918. The number of hydrogen-bond acceptors (Lipinski definition) is 20. The Labute approximate surface area is 666 Å². The molecule has 9 aromatic heterocycles. The Balaban J connectivity index is 0.000000136. The summed E-state index contributed by atoms with van der Waals surface area (Å²) < 4.78 is 63.4. The number of carbonyl (C=O) groups excluding carboxylic acids is 4. The minimum Gasteiger partial charge on any atom is -0.368 e. The number of nitrogens with zero attached hydrogens (tertiary/aromatic N) is 17. The van der Waals surface area contributed by atoms with Gasteiger partial charge in [-0.15, -0.1) is 51.0 Å². The van der Waals surface area contributed by atoms with Gasteiger partial charge in [0.2, 0.25) is 23.8 Å². The number of rotatable bonds is 20. The van der Waals surface area contributed by atoms with Gasteiger partial charge < -0.3 is 22.9 Å². The predicted molar refractivity (Wildman–Crippen MR) is 435 cm³/mol. The lowest BCUT2D eigenvalue weighted by atomic mass is 9.98. The fraction of sp³-hybridized carbons (Fsp3) is 0.148. The molecule has 117 heavy (non-hydrogen) atoms. The Morgan fingerprint density at radius 1 is 0.393 bits per heavy atom. The lowest BCUT2D eigenvalue weighted by molar-refractivity contribution is -0.118. The third-order valence-corrected chi connectivity index (χ3v) is 19.3. The average molecular weight is 1560 g/mol. The number of benzene rings is 7. The molecule has 582 valence electrons. The summed E-state index contributed by atoms with van der Waals surface area (Å²) in [5, 5.41) is 48.8. The van der Waals surface area contributed by atoms with Gasteiger partial charge in [-0.1, -0.05) is 133 Å². The molecule has 0 saturated heterocycles. The molecule has 8 N–H and O–H groups in total. The van der Waals surface area contributed by atoms with Crippen LogP contribution in [0.15, 0.2) is 206 Å². The van der Waals surface area contributed by atoms with E-state index in [9.17, 15) is 36.7 Å². The second-order valence-corrected chi connectivity index (χ2v) is 27.9. The maximum absolute atomic E-state index is 14.3. The second kappa shape index (κ2) is 35.1. The van der Waals surface area contributed by atoms with Crippen molar-refractivity contribution in [1.82, 2.24) is 73.6 Å². The highest BCUT2D eigenvalue weighted by atomic mass is 19.1. The van der Waals surface area contributed by atoms with Gasteiger partial charge in [-0.05, 0) is 180 Å². The number of pyridine rings is 4. The number of nitrogens with two attached hydrogens (primary N) is 4. The van der Waals surface area contributed by atoms with Gasteiger partial charge >= 0.3 is 0 Å². The molecule has 0 aliphatic heterocycles. The summed E-state index contributed by atoms with van der Waals surface area (Å²) in [6, 6.07) is 60.7. The molecular formula is C88H73F4N21O4. The Kier molecular flexibility index (Phi) is 23.9. The van der Waals surface area contributed by atoms with Crippen LogP contribution in [0.2, 0.25) is 0 Å². The van der Waals surface area contributed by atoms with Crippen LogP contribution in [-0.2, 0) is 70.5 Å². The monoisotopic (exact) mass is 1560 g/mol. The van der Waals surface area contributed by atoms with E-state index in [-0.39, 0.29) is 114 Å². The van der Waals surface area contributed by atoms with Crippen molar-refractivity contribution < 1.29 is 36.7 Å². The maximum atomic E-state index is 14.3. The fourth-order valence-corrected chi connectivity index (χ4v) is 13.5. The lowest BCUT2D eigenvalue weighted by Gasteiger charge is -2.09. The normalized spacial score (nSPS) is 11.0. The van der Waals surface area contributed by atoms with Crippen LogP contribution >= 0.6 is 0 Å². The van der Waals surface area contributed by atoms with Crippen molar-refractivity contribution in [3.05, 3.63) is 319 Å². The van der Waals surface area contributed by atoms with E-state index >= 15 is 0 Å². The fourth-order valence-electron chi connectivity index (χ4n) is 13.5. The molecule has 9 heterocycles. The summed E-state index contributed by atoms with van der Waals surface area (Å²) >= 11 is 0. The zero-order valence-corrected chi connectivity index (χ0v) is 63.8. The van der Waals surface area contributed by atoms with E-state index in [1.165, 1.54) is 30.5 Å². The van der Waals surface area contributed by atoms with Crippen LogP contribution in [0.5, 0.6) is 0 Å². The molecule has 0 aliphatic rings. The molecule has 0 bridgehead atoms. The first kappa shape index (κ1) is 79.7. The molecule has 25 nitrogen and oxygen atoms in total. The number of Topliss-reactive ketones (excluding diaryl/α,β-unsaturated/α-hetero) is 4. The van der Waals surface area contributed by atoms with Crippen molar-refractivity contribution in [2.75, 3.05) is 22.9 Å². The molecular weight excluding hydrogens is 1490 g/mol. The van der Waals surface area contributed by atoms with Gasteiger partial charge in [0.15, 0.2) is 34.1 Å². The van der Waals surface area contributed by atoms with Gasteiger partial charge in [0, 0.05) is 50.5 Å². The van der Waals surface area contributed by atoms with Gasteiger partial charge in [0.1, 0.15) is 58.2 Å². The van der Waals surface area contributed by atoms with E-state index in [0.717, 1.165) is 72.7 Å². The molecule has 0 aliphatic carbocycles. The van der Waals surface area contributed by atoms with Gasteiger partial charge in [-0.3, -0.25) is 36.8 Å². The summed E-state index contributed by atoms with van der Waals surface area (Å²) in [5.41, 5.74) is 40.7. The van der Waals surface area contributed by atoms with Crippen LogP contribution in [0.4, 0.5) is 47.0 Å². The summed E-state index contributed by atoms with van der Waals surface area (Å²) in [4.78, 5) is 57.4. The number of aryl methyl sites for hydroxylation is 5. The van der Waals surface area contributed by atoms with E-state index in [4.69, 9.17) is 34.8 Å². The summed E-state index contributed by atoms with van der Waals surface area (Å²) in [6.45, 7) is 16.4. The van der Waals surface area contributed by atoms with Gasteiger partial charge in [-0.2, -0.15) is 5.26 Å². The molecule has 16 aromatic rings. The molecule has 0 unspecified atom stereocenters. The molecule has 0 spiro atoms. The summed E-state index contributed by atoms with van der Waals surface area (Å²) in [7, 11) is 0. The second-order valence-electron chi connectivity index (χ2n) is 27.9. The van der Waals surface area contributed by atoms with Crippen molar-refractivity contribution in [2.24, 2.45) is 0 Å². The molecule has 0 saturated carbocycles. The summed E-state index contributed by atoms with van der Waals surface area (Å²) in [6.07, 6.45) is 1.98. The van der Waals surface area contributed by atoms with Crippen LogP contribution in [0, 0.1) is 75.8 Å². The Hall–Kier alpha value is -15.4. The highest BCUT2D eigenvalue weighted by Crippen LogP contribution is 2.31. The number of hydrogen-bond donors (Lipinski definition) is 4. The molecule has 0 atom stereocenters. The van der Waals surface area contributed by atoms with E-state index in [1.54, 1.807) is 80.0 Å². The Morgan fingerprint density at radius 2 is 0.795 bits per heavy atom. The molecule has 0 amide bonds. The van der Waals surface area contributed by atoms with Crippen molar-refractivity contribution >= 4 is 75.2 Å². The van der Waals surface area contributed by atoms with Crippen molar-refractivity contribution in [3.8, 4) is 51.2 Å². The standard InChI is InChI=1S/2C23H18FN5O.C23H21FN4O.C19H16FN7O/c1-14-6-11-19(24)18(22(14)26-2)13-17(30)12-15-7-9-16(10-8-15)20-4-3-5-21-27-28-23(25)29(20)21;1-14-9-17(22(24)18(10-14)13-25)12-19(30)11-15-5-7-16(8-6-15)20-3-2-4-21-27-28-23(26)29(20)21;1-14-10-18(20(24)11-15(14)2)13-19(29)12-16-6-8-17(9-7-16)21-4-3-5-22-26-27-23(25)28(21)22;1-11-5-6-14(20)12(7-11)8-13(28)9-17-22-10-15(23-24-17)16-3-2-4-18-25-26-19(21)27(16)18/h3-11H,12-13H2,1H3,(H2,25,28);2-10H,11-12H2,1H3,(H2,26,28);3-11H,12-13H2,1-2H3,(H2,25,27);2-7,10H,8-9H2,1H3,(H2,21,26). The lowest BCUT2D eigenvalue weighted by Crippen LogP contribution is -2.11. The largest absolute Gasteiger partial charge is 0.368 e. The third kappa shape index (κ3) is 18.4. The number of carbonyl (C=O) groups is 4. The molecule has 29 heteroatoms. The highest BCUT2D eigenvalue weighted by Gasteiger charge is 2.21. The average Bonchev–Trinajstić information content (AvgIpc) is 1.68. The van der Waals surface area contributed by atoms with Crippen molar-refractivity contribution in [2.45, 2.75) is 86.0 Å². The van der Waals surface area contributed by atoms with Crippen LogP contribution in [0.25, 0.3) is 72.6 Å². The molecule has 0 fully saturated rings. The van der Waals surface area contributed by atoms with E-state index < -0.39 is 17.5 Å². The number of halogens is 4. The number of anilines is 4. The number of fused-ring (bicyclic) bond motifs is 4. The smallest absolute Gasteiger partial charge is 0.227 e. The van der Waals surface area contributed by atoms with E-state index in [2.05, 4.69) is 60.8 Å². The van der Waals surface area contributed by atoms with Crippen LogP contribution < -0.4 is 22.9 Å². The number of nitrogen functional groups attached to an aromatic ring is 4. The van der Waals surface area contributed by atoms with E-state index in [1.807, 2.05) is 154 Å². The first-order valence-electron chi connectivity index (χ1n) is 36.6. The zero-order chi connectivity index (χ0) is 82.7. The number of ketones is 4. The number of aromatic nitrogens is 15. The van der Waals surface area contributed by atoms with E-state index in [0.29, 0.717) is 68.5 Å². The van der Waals surface area contributed by atoms with Gasteiger partial charge in [-0.25, -0.2) is 27.4 Å². The molecule has 0 radical (unpaired) electrons. The topological polar surface area (TPSA) is 360 Å². The zero-order valence-electron chi connectivity index (χ0n) is 63.8. The molecule has 16 rings (SSSR count). The van der Waals surface area contributed by atoms with Gasteiger partial charge in [0.25, 0.3) is 0 Å². The van der Waals surface area contributed by atoms with Gasteiger partial charge in [0.05, 0.1) is 47.5 Å². The minimum absolute atomic E-state index is 0.0187. The van der Waals surface area contributed by atoms with Crippen LogP contribution in [-0.4, -0.2) is 96.7 Å². The SMILES string of the molecule is Cc1cc(C#N)c(F)c(CC(=O)Cc2ccc(-c3cccc4nnc(N)n34)cc2)c1.Cc1cc(F)c(CC(=O)Cc2ccc(-c3cccc4nnc(N)n34)cc2)cc1C.Cc1ccc(F)c(CC(=O)Cc2ncc(-c3cccc4nnc(N)n34)nn2)c1.[C-]#[N+]c1c(C)ccc(F)c1CC(=O)Cc1ccc(-c2cccc3nnc(N)n23)cc1. The third-order valence-electron chi connectivity index (χ3n) is 19.3. The molecule has 7 aromatic carbocycles. The highest BCUT2D eigenvalue weighted by molar-refractivity contribution is 5.87. The minimum atomic E-state index is -0.619. The van der Waals surface area contributed by atoms with Crippen LogP contribution in [0.3, 0.4) is 0 Å². The Bertz CT molecular complexity index is 6570. The van der Waals surface area contributed by atoms with Crippen molar-refractivity contribution in [3.63, 3.8) is 0 Å². The number of nitriles is 1. The first-order valence-corrected chi connectivity index (χ1v) is 36.6. The van der Waals surface area contributed by atoms with Crippen LogP contribution in [0.1, 0.15) is 78.1 Å². The Morgan fingerprint density at radius 3 is 1.24 bits per heavy atom. The maximum Gasteiger partial charge on any atom is 0.227 e. The predicted octanol–water partition coefficient (Wildman–Crippen LogP) is 14.0. The van der Waals surface area contributed by atoms with Crippen molar-refractivity contribution in [1.29, 1.82) is 5.26 Å². The quantitative estimate of drug-likeness (QED) is 0.0407. The first-order chi connectivity index (χ1) is 56.4.